The van der Waals surface area contributed by atoms with Gasteiger partial charge in [-0.25, -0.2) is 4.68 Å². The average Bonchev–Trinajstić information content (AvgIpc) is 3.10. The first-order chi connectivity index (χ1) is 12.1. The van der Waals surface area contributed by atoms with Crippen molar-refractivity contribution in [1.29, 1.82) is 0 Å². The van der Waals surface area contributed by atoms with Crippen LogP contribution < -0.4 is 5.32 Å². The fourth-order valence-corrected chi connectivity index (χ4v) is 2.73. The van der Waals surface area contributed by atoms with Crippen LogP contribution in [0.1, 0.15) is 29.7 Å². The van der Waals surface area contributed by atoms with Crippen molar-refractivity contribution >= 4 is 12.0 Å². The molecular formula is C21H21N3O. The predicted molar refractivity (Wildman–Crippen MR) is 100 cm³/mol. The molecule has 1 aromatic heterocycles. The van der Waals surface area contributed by atoms with E-state index in [1.54, 1.807) is 23.0 Å². The number of benzene rings is 2. The molecule has 3 aromatic rings. The molecular weight excluding hydrogens is 310 g/mol. The lowest BCUT2D eigenvalue weighted by atomic mass is 10.0. The molecule has 4 heteroatoms. The summed E-state index contributed by atoms with van der Waals surface area (Å²) < 4.78 is 1.79. The maximum Gasteiger partial charge on any atom is 0.244 e. The predicted octanol–water partition coefficient (Wildman–Crippen LogP) is 4.07. The average molecular weight is 331 g/mol. The van der Waals surface area contributed by atoms with Gasteiger partial charge in [-0.15, -0.1) is 0 Å². The Bertz CT molecular complexity index is 881. The van der Waals surface area contributed by atoms with Gasteiger partial charge in [0.25, 0.3) is 0 Å². The highest BCUT2D eigenvalue weighted by Crippen LogP contribution is 2.16. The molecule has 0 saturated carbocycles. The summed E-state index contributed by atoms with van der Waals surface area (Å²) in [5.41, 5.74) is 4.16. The van der Waals surface area contributed by atoms with Crippen LogP contribution in [0.3, 0.4) is 0 Å². The van der Waals surface area contributed by atoms with Crippen LogP contribution in [0.2, 0.25) is 0 Å². The third-order valence-corrected chi connectivity index (χ3v) is 4.06. The quantitative estimate of drug-likeness (QED) is 0.716. The molecule has 3 rings (SSSR count). The highest BCUT2D eigenvalue weighted by atomic mass is 16.1. The number of nitrogens with zero attached hydrogens (tertiary/aromatic N) is 2. The molecule has 1 amide bonds. The van der Waals surface area contributed by atoms with Crippen LogP contribution in [-0.2, 0) is 4.79 Å². The lowest BCUT2D eigenvalue weighted by Crippen LogP contribution is -2.25. The first kappa shape index (κ1) is 16.7. The van der Waals surface area contributed by atoms with Gasteiger partial charge in [-0.2, -0.15) is 5.10 Å². The molecule has 4 nitrogen and oxygen atoms in total. The monoisotopic (exact) mass is 331 g/mol. The van der Waals surface area contributed by atoms with E-state index in [1.807, 2.05) is 74.6 Å². The van der Waals surface area contributed by atoms with Crippen LogP contribution in [0, 0.1) is 6.92 Å². The molecule has 0 bridgehead atoms. The molecule has 0 radical (unpaired) electrons. The van der Waals surface area contributed by atoms with Crippen LogP contribution in [-0.4, -0.2) is 15.7 Å². The maximum atomic E-state index is 12.2. The summed E-state index contributed by atoms with van der Waals surface area (Å²) in [6.45, 7) is 4.04. The summed E-state index contributed by atoms with van der Waals surface area (Å²) in [5, 5.41) is 7.31. The fourth-order valence-electron chi connectivity index (χ4n) is 2.73. The zero-order chi connectivity index (χ0) is 17.6. The Morgan fingerprint density at radius 2 is 1.84 bits per heavy atom. The summed E-state index contributed by atoms with van der Waals surface area (Å²) in [7, 11) is 0. The number of carbonyl (C=O) groups is 1. The Morgan fingerprint density at radius 3 is 2.60 bits per heavy atom. The van der Waals surface area contributed by atoms with Gasteiger partial charge in [-0.1, -0.05) is 42.5 Å². The second-order valence-corrected chi connectivity index (χ2v) is 5.97. The molecule has 0 aliphatic rings. The largest absolute Gasteiger partial charge is 0.346 e. The molecule has 1 unspecified atom stereocenters. The van der Waals surface area contributed by atoms with Crippen molar-refractivity contribution in [2.45, 2.75) is 19.9 Å². The molecule has 25 heavy (non-hydrogen) atoms. The lowest BCUT2D eigenvalue weighted by Gasteiger charge is -2.15. The zero-order valence-corrected chi connectivity index (χ0v) is 14.4. The minimum atomic E-state index is -0.122. The Labute approximate surface area is 147 Å². The zero-order valence-electron chi connectivity index (χ0n) is 14.4. The first-order valence-corrected chi connectivity index (χ1v) is 8.27. The van der Waals surface area contributed by atoms with E-state index in [4.69, 9.17) is 0 Å². The highest BCUT2D eigenvalue weighted by molar-refractivity contribution is 5.91. The van der Waals surface area contributed by atoms with Crippen LogP contribution in [0.25, 0.3) is 11.8 Å². The van der Waals surface area contributed by atoms with E-state index >= 15 is 0 Å². The summed E-state index contributed by atoms with van der Waals surface area (Å²) in [5.74, 6) is -0.122. The van der Waals surface area contributed by atoms with Gasteiger partial charge in [-0.05, 0) is 43.2 Å². The van der Waals surface area contributed by atoms with Crippen LogP contribution in [0.15, 0.2) is 73.1 Å². The second kappa shape index (κ2) is 7.62. The number of carbonyl (C=O) groups excluding carboxylic acids is 1. The van der Waals surface area contributed by atoms with Crippen molar-refractivity contribution in [2.24, 2.45) is 0 Å². The summed E-state index contributed by atoms with van der Waals surface area (Å²) >= 11 is 0. The normalized spacial score (nSPS) is 12.2. The molecule has 0 aliphatic heterocycles. The van der Waals surface area contributed by atoms with Crippen molar-refractivity contribution in [3.05, 3.63) is 89.8 Å². The molecule has 0 saturated heterocycles. The first-order valence-electron chi connectivity index (χ1n) is 8.27. The fraction of sp³-hybridized carbons (Fsp3) is 0.143. The number of aromatic nitrogens is 2. The molecule has 0 aliphatic carbocycles. The van der Waals surface area contributed by atoms with Gasteiger partial charge in [-0.3, -0.25) is 4.79 Å². The number of para-hydroxylation sites is 1. The number of amides is 1. The van der Waals surface area contributed by atoms with E-state index in [-0.39, 0.29) is 11.9 Å². The SMILES string of the molecule is Cc1ccccc1C(C)NC(=O)/C=C/c1cnn(-c2ccccc2)c1. The minimum Gasteiger partial charge on any atom is -0.346 e. The van der Waals surface area contributed by atoms with Crippen molar-refractivity contribution < 1.29 is 4.79 Å². The Hall–Kier alpha value is -3.14. The summed E-state index contributed by atoms with van der Waals surface area (Å²) in [6.07, 6.45) is 6.94. The Morgan fingerprint density at radius 1 is 1.12 bits per heavy atom. The lowest BCUT2D eigenvalue weighted by molar-refractivity contribution is -0.117. The van der Waals surface area contributed by atoms with E-state index in [0.717, 1.165) is 16.8 Å². The number of nitrogens with one attached hydrogen (secondary N) is 1. The third kappa shape index (κ3) is 4.23. The molecule has 0 fully saturated rings. The van der Waals surface area contributed by atoms with Gasteiger partial charge in [0, 0.05) is 17.8 Å². The summed E-state index contributed by atoms with van der Waals surface area (Å²) in [6, 6.07) is 17.9. The van der Waals surface area contributed by atoms with Gasteiger partial charge in [0.05, 0.1) is 17.9 Å². The van der Waals surface area contributed by atoms with Crippen LogP contribution >= 0.6 is 0 Å². The third-order valence-electron chi connectivity index (χ3n) is 4.06. The van der Waals surface area contributed by atoms with E-state index in [9.17, 15) is 4.79 Å². The number of rotatable bonds is 5. The Balaban J connectivity index is 1.63. The Kier molecular flexibility index (Phi) is 5.09. The molecule has 2 aromatic carbocycles. The number of hydrogen-bond acceptors (Lipinski definition) is 2. The standard InChI is InChI=1S/C21H21N3O/c1-16-8-6-7-11-20(16)17(2)23-21(25)13-12-18-14-22-24(15-18)19-9-4-3-5-10-19/h3-15,17H,1-2H3,(H,23,25)/b13-12+. The number of aryl methyl sites for hydroxylation is 1. The topological polar surface area (TPSA) is 46.9 Å². The molecule has 1 atom stereocenters. The van der Waals surface area contributed by atoms with E-state index in [2.05, 4.69) is 10.4 Å². The molecule has 1 heterocycles. The van der Waals surface area contributed by atoms with E-state index in [1.165, 1.54) is 5.56 Å². The van der Waals surface area contributed by atoms with Gasteiger partial charge in [0.1, 0.15) is 0 Å². The van der Waals surface area contributed by atoms with Gasteiger partial charge < -0.3 is 5.32 Å². The minimum absolute atomic E-state index is 0.0367. The van der Waals surface area contributed by atoms with Crippen molar-refractivity contribution in [1.82, 2.24) is 15.1 Å². The van der Waals surface area contributed by atoms with Crippen molar-refractivity contribution in [3.63, 3.8) is 0 Å². The van der Waals surface area contributed by atoms with E-state index < -0.39 is 0 Å². The van der Waals surface area contributed by atoms with Crippen LogP contribution in [0.4, 0.5) is 0 Å². The number of hydrogen-bond donors (Lipinski definition) is 1. The smallest absolute Gasteiger partial charge is 0.244 e. The molecule has 126 valence electrons. The second-order valence-electron chi connectivity index (χ2n) is 5.97. The molecule has 0 spiro atoms. The van der Waals surface area contributed by atoms with Crippen molar-refractivity contribution in [3.8, 4) is 5.69 Å². The van der Waals surface area contributed by atoms with Crippen molar-refractivity contribution in [2.75, 3.05) is 0 Å². The molecule has 1 N–H and O–H groups in total. The van der Waals surface area contributed by atoms with Gasteiger partial charge >= 0.3 is 0 Å². The van der Waals surface area contributed by atoms with Gasteiger partial charge in [0.2, 0.25) is 5.91 Å². The summed E-state index contributed by atoms with van der Waals surface area (Å²) in [4.78, 5) is 12.2. The van der Waals surface area contributed by atoms with Gasteiger partial charge in [0.15, 0.2) is 0 Å². The van der Waals surface area contributed by atoms with Crippen LogP contribution in [0.5, 0.6) is 0 Å². The maximum absolute atomic E-state index is 12.2. The highest BCUT2D eigenvalue weighted by Gasteiger charge is 2.09. The van der Waals surface area contributed by atoms with E-state index in [0.29, 0.717) is 0 Å².